The van der Waals surface area contributed by atoms with Gasteiger partial charge in [-0.3, -0.25) is 4.79 Å². The van der Waals surface area contributed by atoms with Gasteiger partial charge in [0.25, 0.3) is 5.91 Å². The molecule has 1 fully saturated rings. The molecule has 0 bridgehead atoms. The number of ether oxygens (including phenoxy) is 3. The van der Waals surface area contributed by atoms with Gasteiger partial charge >= 0.3 is 11.9 Å². The Hall–Kier alpha value is -3.55. The molecule has 2 aromatic carbocycles. The molecule has 3 rings (SSSR count). The van der Waals surface area contributed by atoms with Gasteiger partial charge < -0.3 is 24.0 Å². The molecule has 0 saturated carbocycles. The Morgan fingerprint density at radius 1 is 0.833 bits per heavy atom. The van der Waals surface area contributed by atoms with Crippen molar-refractivity contribution < 1.29 is 28.6 Å². The lowest BCUT2D eigenvalue weighted by Gasteiger charge is -2.36. The van der Waals surface area contributed by atoms with Crippen LogP contribution in [0, 0.1) is 0 Å². The summed E-state index contributed by atoms with van der Waals surface area (Å²) in [6.45, 7) is 2.04. The van der Waals surface area contributed by atoms with Crippen LogP contribution in [0.1, 0.15) is 20.7 Å². The molecule has 8 nitrogen and oxygen atoms in total. The number of benzene rings is 2. The molecule has 0 atom stereocenters. The van der Waals surface area contributed by atoms with Crippen molar-refractivity contribution in [3.63, 3.8) is 0 Å². The molecule has 0 radical (unpaired) electrons. The summed E-state index contributed by atoms with van der Waals surface area (Å²) in [7, 11) is 2.86. The molecule has 0 unspecified atom stereocenters. The summed E-state index contributed by atoms with van der Waals surface area (Å²) in [4.78, 5) is 40.4. The molecule has 1 aliphatic heterocycles. The van der Waals surface area contributed by atoms with Crippen molar-refractivity contribution in [1.82, 2.24) is 4.90 Å². The van der Waals surface area contributed by atoms with E-state index in [1.807, 2.05) is 24.3 Å². The standard InChI is InChI=1S/C22H24N2O6/c1-28-17-9-7-16(8-10-17)23-11-13-24(14-12-23)20(25)15-30-22(27)19-6-4-3-5-18(19)21(26)29-2/h3-10H,11-15H2,1-2H3. The number of hydrogen-bond acceptors (Lipinski definition) is 7. The third kappa shape index (κ3) is 4.89. The van der Waals surface area contributed by atoms with Crippen molar-refractivity contribution in [1.29, 1.82) is 0 Å². The SMILES string of the molecule is COC(=O)c1ccccc1C(=O)OCC(=O)N1CCN(c2ccc(OC)cc2)CC1. The van der Waals surface area contributed by atoms with Gasteiger partial charge in [-0.1, -0.05) is 12.1 Å². The Morgan fingerprint density at radius 2 is 1.43 bits per heavy atom. The van der Waals surface area contributed by atoms with Gasteiger partial charge in [-0.25, -0.2) is 9.59 Å². The molecule has 1 saturated heterocycles. The van der Waals surface area contributed by atoms with E-state index in [4.69, 9.17) is 9.47 Å². The van der Waals surface area contributed by atoms with Crippen LogP contribution in [0.15, 0.2) is 48.5 Å². The fraction of sp³-hybridized carbons (Fsp3) is 0.318. The van der Waals surface area contributed by atoms with Crippen LogP contribution in [0.4, 0.5) is 5.69 Å². The maximum absolute atomic E-state index is 12.5. The molecule has 2 aromatic rings. The lowest BCUT2D eigenvalue weighted by atomic mass is 10.1. The van der Waals surface area contributed by atoms with E-state index in [0.717, 1.165) is 11.4 Å². The highest BCUT2D eigenvalue weighted by Gasteiger charge is 2.24. The first kappa shape index (κ1) is 21.2. The average Bonchev–Trinajstić information content (AvgIpc) is 2.82. The first-order chi connectivity index (χ1) is 14.5. The van der Waals surface area contributed by atoms with Gasteiger partial charge in [0, 0.05) is 31.9 Å². The second kappa shape index (κ2) is 9.78. The van der Waals surface area contributed by atoms with Gasteiger partial charge in [-0.05, 0) is 36.4 Å². The normalized spacial score (nSPS) is 13.5. The summed E-state index contributed by atoms with van der Waals surface area (Å²) in [6, 6.07) is 13.9. The number of anilines is 1. The monoisotopic (exact) mass is 412 g/mol. The van der Waals surface area contributed by atoms with Gasteiger partial charge in [0.05, 0.1) is 25.3 Å². The maximum atomic E-state index is 12.5. The number of carbonyl (C=O) groups is 3. The van der Waals surface area contributed by atoms with Crippen molar-refractivity contribution in [2.75, 3.05) is 51.9 Å². The summed E-state index contributed by atoms with van der Waals surface area (Å²) in [5.41, 5.74) is 1.24. The van der Waals surface area contributed by atoms with E-state index in [1.165, 1.54) is 19.2 Å². The number of carbonyl (C=O) groups excluding carboxylic acids is 3. The topological polar surface area (TPSA) is 85.4 Å². The smallest absolute Gasteiger partial charge is 0.339 e. The zero-order valence-electron chi connectivity index (χ0n) is 17.0. The minimum atomic E-state index is -0.735. The van der Waals surface area contributed by atoms with Crippen LogP contribution in [-0.4, -0.2) is 69.8 Å². The maximum Gasteiger partial charge on any atom is 0.339 e. The Kier molecular flexibility index (Phi) is 6.90. The summed E-state index contributed by atoms with van der Waals surface area (Å²) >= 11 is 0. The molecule has 0 spiro atoms. The number of nitrogens with zero attached hydrogens (tertiary/aromatic N) is 2. The number of methoxy groups -OCH3 is 2. The van der Waals surface area contributed by atoms with E-state index in [9.17, 15) is 14.4 Å². The third-order valence-electron chi connectivity index (χ3n) is 4.95. The number of rotatable bonds is 6. The molecule has 1 amide bonds. The Bertz CT molecular complexity index is 904. The highest BCUT2D eigenvalue weighted by Crippen LogP contribution is 2.20. The zero-order valence-corrected chi connectivity index (χ0v) is 17.0. The molecular formula is C22H24N2O6. The third-order valence-corrected chi connectivity index (χ3v) is 4.95. The van der Waals surface area contributed by atoms with E-state index in [0.29, 0.717) is 26.2 Å². The highest BCUT2D eigenvalue weighted by atomic mass is 16.5. The lowest BCUT2D eigenvalue weighted by molar-refractivity contribution is -0.134. The molecular weight excluding hydrogens is 388 g/mol. The Labute approximate surface area is 174 Å². The van der Waals surface area contributed by atoms with Gasteiger partial charge in [0.15, 0.2) is 6.61 Å². The Balaban J connectivity index is 1.51. The minimum Gasteiger partial charge on any atom is -0.497 e. The number of amides is 1. The van der Waals surface area contributed by atoms with Crippen LogP contribution >= 0.6 is 0 Å². The summed E-state index contributed by atoms with van der Waals surface area (Å²) in [5, 5.41) is 0. The second-order valence-corrected chi connectivity index (χ2v) is 6.68. The minimum absolute atomic E-state index is 0.0708. The van der Waals surface area contributed by atoms with E-state index >= 15 is 0 Å². The molecule has 1 heterocycles. The van der Waals surface area contributed by atoms with Crippen LogP contribution in [0.5, 0.6) is 5.75 Å². The molecule has 1 aliphatic rings. The predicted octanol–water partition coefficient (Wildman–Crippen LogP) is 1.99. The van der Waals surface area contributed by atoms with Crippen LogP contribution in [0.3, 0.4) is 0 Å². The number of esters is 2. The average molecular weight is 412 g/mol. The van der Waals surface area contributed by atoms with Crippen molar-refractivity contribution in [2.45, 2.75) is 0 Å². The summed E-state index contributed by atoms with van der Waals surface area (Å²) in [5.74, 6) is -0.846. The fourth-order valence-corrected chi connectivity index (χ4v) is 3.25. The van der Waals surface area contributed by atoms with Gasteiger partial charge in [0.2, 0.25) is 0 Å². The highest BCUT2D eigenvalue weighted by molar-refractivity contribution is 6.03. The molecule has 158 valence electrons. The van der Waals surface area contributed by atoms with Gasteiger partial charge in [0.1, 0.15) is 5.75 Å². The summed E-state index contributed by atoms with van der Waals surface area (Å²) < 4.78 is 15.0. The second-order valence-electron chi connectivity index (χ2n) is 6.68. The van der Waals surface area contributed by atoms with Gasteiger partial charge in [-0.2, -0.15) is 0 Å². The van der Waals surface area contributed by atoms with E-state index in [1.54, 1.807) is 24.1 Å². The first-order valence-corrected chi connectivity index (χ1v) is 9.54. The van der Waals surface area contributed by atoms with E-state index in [2.05, 4.69) is 9.64 Å². The molecule has 0 aromatic heterocycles. The fourth-order valence-electron chi connectivity index (χ4n) is 3.25. The van der Waals surface area contributed by atoms with Gasteiger partial charge in [-0.15, -0.1) is 0 Å². The zero-order chi connectivity index (χ0) is 21.5. The summed E-state index contributed by atoms with van der Waals surface area (Å²) in [6.07, 6.45) is 0. The van der Waals surface area contributed by atoms with E-state index < -0.39 is 11.9 Å². The van der Waals surface area contributed by atoms with Crippen LogP contribution in [0.25, 0.3) is 0 Å². The van der Waals surface area contributed by atoms with Crippen LogP contribution < -0.4 is 9.64 Å². The molecule has 0 aliphatic carbocycles. The molecule has 30 heavy (non-hydrogen) atoms. The first-order valence-electron chi connectivity index (χ1n) is 9.54. The van der Waals surface area contributed by atoms with Crippen molar-refractivity contribution in [3.8, 4) is 5.75 Å². The van der Waals surface area contributed by atoms with Crippen molar-refractivity contribution in [2.24, 2.45) is 0 Å². The number of hydrogen-bond donors (Lipinski definition) is 0. The van der Waals surface area contributed by atoms with Crippen molar-refractivity contribution >= 4 is 23.5 Å². The molecule has 8 heteroatoms. The molecule has 0 N–H and O–H groups in total. The number of piperazine rings is 1. The lowest BCUT2D eigenvalue weighted by Crippen LogP contribution is -2.49. The van der Waals surface area contributed by atoms with Crippen LogP contribution in [0.2, 0.25) is 0 Å². The van der Waals surface area contributed by atoms with Crippen molar-refractivity contribution in [3.05, 3.63) is 59.7 Å². The van der Waals surface area contributed by atoms with E-state index in [-0.39, 0.29) is 23.6 Å². The van der Waals surface area contributed by atoms with Crippen LogP contribution in [-0.2, 0) is 14.3 Å². The largest absolute Gasteiger partial charge is 0.497 e. The quantitative estimate of drug-likeness (QED) is 0.671. The Morgan fingerprint density at radius 3 is 2.00 bits per heavy atom. The predicted molar refractivity (Wildman–Crippen MR) is 110 cm³/mol.